The minimum Gasteiger partial charge on any atom is -0.394 e. The molecule has 0 aliphatic carbocycles. The summed E-state index contributed by atoms with van der Waals surface area (Å²) in [6, 6.07) is -0.927. The summed E-state index contributed by atoms with van der Waals surface area (Å²) < 4.78 is 34.4. The lowest BCUT2D eigenvalue weighted by Crippen LogP contribution is -2.66. The number of allylic oxidation sites excluding steroid dienone is 18. The summed E-state index contributed by atoms with van der Waals surface area (Å²) in [4.78, 5) is 13.4. The van der Waals surface area contributed by atoms with Crippen LogP contribution in [0.15, 0.2) is 109 Å². The van der Waals surface area contributed by atoms with Gasteiger partial charge in [-0.2, -0.15) is 0 Å². The number of carbonyl (C=O) groups is 1. The molecular weight excluding hydrogens is 1200 g/mol. The van der Waals surface area contributed by atoms with Gasteiger partial charge in [0.05, 0.1) is 38.6 Å². The van der Waals surface area contributed by atoms with E-state index in [0.29, 0.717) is 25.7 Å². The van der Waals surface area contributed by atoms with Crippen molar-refractivity contribution in [3.8, 4) is 0 Å². The van der Waals surface area contributed by atoms with Gasteiger partial charge in [0.15, 0.2) is 18.9 Å². The quantitative estimate of drug-likeness (QED) is 0.0199. The second-order valence-electron chi connectivity index (χ2n) is 25.3. The summed E-state index contributed by atoms with van der Waals surface area (Å²) >= 11 is 0. The number of rotatable bonds is 54. The summed E-state index contributed by atoms with van der Waals surface area (Å²) in [5.74, 6) is -0.303. The van der Waals surface area contributed by atoms with Crippen molar-refractivity contribution in [2.75, 3.05) is 26.4 Å². The third-order valence-electron chi connectivity index (χ3n) is 17.4. The molecule has 3 fully saturated rings. The highest BCUT2D eigenvalue weighted by Crippen LogP contribution is 2.33. The van der Waals surface area contributed by atoms with Gasteiger partial charge in [-0.25, -0.2) is 0 Å². The average Bonchev–Trinajstić information content (AvgIpc) is 0.787. The van der Waals surface area contributed by atoms with Crippen LogP contribution in [0.1, 0.15) is 226 Å². The zero-order valence-corrected chi connectivity index (χ0v) is 57.1. The fraction of sp³-hybridized carbons (Fsp3) is 0.747. The number of nitrogens with one attached hydrogen (secondary N) is 1. The molecule has 17 atom stereocenters. The van der Waals surface area contributed by atoms with Crippen molar-refractivity contribution in [1.82, 2.24) is 5.32 Å². The van der Waals surface area contributed by atoms with Crippen molar-refractivity contribution in [2.24, 2.45) is 0 Å². The Balaban J connectivity index is 1.44. The molecule has 19 nitrogen and oxygen atoms in total. The van der Waals surface area contributed by atoms with Gasteiger partial charge in [-0.3, -0.25) is 4.79 Å². The summed E-state index contributed by atoms with van der Waals surface area (Å²) in [5, 5.41) is 121. The Bertz CT molecular complexity index is 2130. The first-order chi connectivity index (χ1) is 45.8. The summed E-state index contributed by atoms with van der Waals surface area (Å²) in [6.07, 6.45) is 47.3. The lowest BCUT2D eigenvalue weighted by molar-refractivity contribution is -0.379. The molecule has 0 aromatic rings. The van der Waals surface area contributed by atoms with Gasteiger partial charge in [-0.05, 0) is 77.0 Å². The maximum absolute atomic E-state index is 13.4. The van der Waals surface area contributed by atoms with Crippen LogP contribution in [-0.2, 0) is 33.2 Å². The van der Waals surface area contributed by atoms with Crippen molar-refractivity contribution >= 4 is 5.91 Å². The van der Waals surface area contributed by atoms with E-state index in [1.54, 1.807) is 0 Å². The number of unbranched alkanes of at least 4 members (excludes halogenated alkanes) is 20. The first-order valence-corrected chi connectivity index (χ1v) is 36.1. The van der Waals surface area contributed by atoms with E-state index in [4.69, 9.17) is 28.4 Å². The van der Waals surface area contributed by atoms with E-state index < -0.39 is 124 Å². The van der Waals surface area contributed by atoms with Crippen LogP contribution >= 0.6 is 0 Å². The van der Waals surface area contributed by atoms with Crippen LogP contribution in [0, 0.1) is 0 Å². The van der Waals surface area contributed by atoms with Crippen LogP contribution in [0.5, 0.6) is 0 Å². The first kappa shape index (κ1) is 84.7. The highest BCUT2D eigenvalue weighted by Gasteiger charge is 2.53. The van der Waals surface area contributed by atoms with Gasteiger partial charge in [-0.15, -0.1) is 0 Å². The first-order valence-electron chi connectivity index (χ1n) is 36.1. The van der Waals surface area contributed by atoms with Crippen LogP contribution in [0.25, 0.3) is 0 Å². The monoisotopic (exact) mass is 1330 g/mol. The van der Waals surface area contributed by atoms with Gasteiger partial charge in [0.1, 0.15) is 73.2 Å². The van der Waals surface area contributed by atoms with Gasteiger partial charge >= 0.3 is 0 Å². The van der Waals surface area contributed by atoms with Crippen molar-refractivity contribution < 1.29 is 89.4 Å². The smallest absolute Gasteiger partial charge is 0.220 e. The van der Waals surface area contributed by atoms with E-state index in [-0.39, 0.29) is 18.9 Å². The molecule has 0 spiro atoms. The topological polar surface area (TPSA) is 307 Å². The van der Waals surface area contributed by atoms with Crippen molar-refractivity contribution in [2.45, 2.75) is 330 Å². The SMILES string of the molecule is CC/C=C\C/C=C\C/C=C\C/C=C\C/C=C\C/C=C\C/C=C\C/C=C\C/C=C\CCCC(=O)NC(COC1OC(CO)C(OC2OC(CO)C(OC3OC(CO)C(O)C(O)C3O)C(O)C2O)C(O)C1O)C(O)CCCCCCCCCCCCCCCCCCCCCC. The van der Waals surface area contributed by atoms with Gasteiger partial charge in [-0.1, -0.05) is 252 Å². The Morgan fingerprint density at radius 1 is 0.394 bits per heavy atom. The van der Waals surface area contributed by atoms with Crippen molar-refractivity contribution in [1.29, 1.82) is 0 Å². The minimum absolute atomic E-state index is 0.179. The number of carbonyl (C=O) groups excluding carboxylic acids is 1. The predicted molar refractivity (Wildman–Crippen MR) is 369 cm³/mol. The molecule has 0 aromatic carbocycles. The second kappa shape index (κ2) is 55.3. The number of aliphatic hydroxyl groups is 11. The zero-order valence-electron chi connectivity index (χ0n) is 57.1. The number of aliphatic hydroxyl groups excluding tert-OH is 11. The van der Waals surface area contributed by atoms with E-state index in [2.05, 4.69) is 122 Å². The largest absolute Gasteiger partial charge is 0.394 e. The average molecular weight is 1330 g/mol. The summed E-state index contributed by atoms with van der Waals surface area (Å²) in [6.45, 7) is 1.64. The number of ether oxygens (including phenoxy) is 6. The lowest BCUT2D eigenvalue weighted by atomic mass is 9.96. The van der Waals surface area contributed by atoms with Crippen molar-refractivity contribution in [3.05, 3.63) is 109 Å². The molecule has 0 aromatic heterocycles. The van der Waals surface area contributed by atoms with Crippen LogP contribution in [0.4, 0.5) is 0 Å². The molecule has 0 radical (unpaired) electrons. The molecule has 19 heteroatoms. The van der Waals surface area contributed by atoms with Gasteiger partial charge in [0.2, 0.25) is 5.91 Å². The van der Waals surface area contributed by atoms with Crippen molar-refractivity contribution in [3.63, 3.8) is 0 Å². The van der Waals surface area contributed by atoms with Crippen LogP contribution in [0.2, 0.25) is 0 Å². The molecule has 3 rings (SSSR count). The summed E-state index contributed by atoms with van der Waals surface area (Å²) in [7, 11) is 0. The minimum atomic E-state index is -1.98. The van der Waals surface area contributed by atoms with Crippen LogP contribution in [-0.4, -0.2) is 193 Å². The predicted octanol–water partition coefficient (Wildman–Crippen LogP) is 10.2. The molecule has 540 valence electrons. The number of amides is 1. The molecule has 0 bridgehead atoms. The van der Waals surface area contributed by atoms with E-state index >= 15 is 0 Å². The number of hydrogen-bond donors (Lipinski definition) is 12. The second-order valence-corrected chi connectivity index (χ2v) is 25.3. The lowest BCUT2D eigenvalue weighted by Gasteiger charge is -2.48. The highest BCUT2D eigenvalue weighted by atomic mass is 16.8. The van der Waals surface area contributed by atoms with E-state index in [9.17, 15) is 61.0 Å². The fourth-order valence-electron chi connectivity index (χ4n) is 11.6. The molecule has 3 aliphatic heterocycles. The third kappa shape index (κ3) is 36.3. The van der Waals surface area contributed by atoms with Gasteiger partial charge < -0.3 is 89.9 Å². The molecule has 12 N–H and O–H groups in total. The Kier molecular flexibility index (Phi) is 49.9. The standard InChI is InChI=1S/C75H127NO18/c1-3-5-7-9-11-13-15-17-19-21-23-25-26-27-28-29-30-31-32-33-35-37-39-41-43-45-47-49-51-53-63(81)76-58(59(80)52-50-48-46-44-42-40-38-36-34-24-22-20-18-16-14-12-10-8-6-4-2)57-89-73-69(87)66(84)71(61(55-78)91-73)94-75-70(88)67(85)72(62(56-79)92-75)93-74-68(86)65(83)64(82)60(54-77)90-74/h5,7,11,13,17,19,23,25,27-28,30-31,33,35,39,41,45,47,58-62,64-75,77-80,82-88H,3-4,6,8-10,12,14-16,18,20-22,24,26,29,32,34,36-38,40,42-44,46,48-57H2,1-2H3,(H,76,81)/b7-5-,13-11-,19-17-,25-23-,28-27-,31-30-,35-33-,41-39-,47-45-. The third-order valence-corrected chi connectivity index (χ3v) is 17.4. The van der Waals surface area contributed by atoms with Gasteiger partial charge in [0.25, 0.3) is 0 Å². The molecule has 1 amide bonds. The molecule has 3 aliphatic rings. The van der Waals surface area contributed by atoms with Crippen LogP contribution in [0.3, 0.4) is 0 Å². The maximum atomic E-state index is 13.4. The Morgan fingerprint density at radius 2 is 0.723 bits per heavy atom. The molecule has 94 heavy (non-hydrogen) atoms. The molecule has 0 saturated carbocycles. The van der Waals surface area contributed by atoms with Crippen LogP contribution < -0.4 is 5.32 Å². The highest BCUT2D eigenvalue weighted by molar-refractivity contribution is 5.76. The van der Waals surface area contributed by atoms with E-state index in [0.717, 1.165) is 77.0 Å². The molecule has 17 unspecified atom stereocenters. The van der Waals surface area contributed by atoms with E-state index in [1.165, 1.54) is 103 Å². The summed E-state index contributed by atoms with van der Waals surface area (Å²) in [5.41, 5.74) is 0. The Labute approximate surface area is 564 Å². The molecule has 3 heterocycles. The van der Waals surface area contributed by atoms with E-state index in [1.807, 2.05) is 6.08 Å². The number of hydrogen-bond acceptors (Lipinski definition) is 18. The fourth-order valence-corrected chi connectivity index (χ4v) is 11.6. The molecule has 3 saturated heterocycles. The Hall–Kier alpha value is -3.55. The zero-order chi connectivity index (χ0) is 68.2. The van der Waals surface area contributed by atoms with Gasteiger partial charge in [0, 0.05) is 6.42 Å². The molecular formula is C75H127NO18. The Morgan fingerprint density at radius 3 is 1.11 bits per heavy atom. The normalized spacial score (nSPS) is 28.0. The maximum Gasteiger partial charge on any atom is 0.220 e.